The summed E-state index contributed by atoms with van der Waals surface area (Å²) in [7, 11) is 0. The number of rotatable bonds is 6. The van der Waals surface area contributed by atoms with Crippen LogP contribution in [-0.4, -0.2) is 34.3 Å². The van der Waals surface area contributed by atoms with Crippen LogP contribution >= 0.6 is 0 Å². The molecule has 8 heteroatoms. The van der Waals surface area contributed by atoms with Crippen molar-refractivity contribution in [3.63, 3.8) is 0 Å². The van der Waals surface area contributed by atoms with Crippen molar-refractivity contribution in [2.75, 3.05) is 11.9 Å². The lowest BCUT2D eigenvalue weighted by molar-refractivity contribution is -0.130. The summed E-state index contributed by atoms with van der Waals surface area (Å²) in [6, 6.07) is 11.6. The Morgan fingerprint density at radius 3 is 2.55 bits per heavy atom. The molecule has 3 unspecified atom stereocenters. The molecule has 0 spiro atoms. The molecule has 2 heterocycles. The summed E-state index contributed by atoms with van der Waals surface area (Å²) in [6.45, 7) is 10.7. The highest BCUT2D eigenvalue weighted by Crippen LogP contribution is 2.27. The Labute approximate surface area is 184 Å². The van der Waals surface area contributed by atoms with E-state index < -0.39 is 6.29 Å². The van der Waals surface area contributed by atoms with Crippen LogP contribution in [-0.2, 0) is 16.6 Å². The molecular formula is C23H34N6O2. The van der Waals surface area contributed by atoms with E-state index in [9.17, 15) is 9.59 Å². The van der Waals surface area contributed by atoms with Crippen molar-refractivity contribution < 1.29 is 9.59 Å². The molecule has 1 fully saturated rings. The fourth-order valence-corrected chi connectivity index (χ4v) is 3.72. The number of anilines is 1. The highest BCUT2D eigenvalue weighted by molar-refractivity contribution is 5.88. The molecule has 0 bridgehead atoms. The van der Waals surface area contributed by atoms with E-state index in [1.54, 1.807) is 4.68 Å². The predicted octanol–water partition coefficient (Wildman–Crippen LogP) is 3.14. The summed E-state index contributed by atoms with van der Waals surface area (Å²) < 4.78 is 1.65. The fourth-order valence-electron chi connectivity index (χ4n) is 3.72. The highest BCUT2D eigenvalue weighted by Gasteiger charge is 2.35. The summed E-state index contributed by atoms with van der Waals surface area (Å²) in [5, 5.41) is 16.9. The minimum Gasteiger partial charge on any atom is -0.337 e. The summed E-state index contributed by atoms with van der Waals surface area (Å²) in [5.41, 5.74) is 1.78. The van der Waals surface area contributed by atoms with Crippen molar-refractivity contribution >= 4 is 17.8 Å². The minimum absolute atomic E-state index is 0.00131. The molecule has 8 nitrogen and oxygen atoms in total. The van der Waals surface area contributed by atoms with Crippen molar-refractivity contribution in [2.24, 2.45) is 5.92 Å². The standard InChI is InChI=1S/C23H34N6O2/c1-6-17-15(2)25-21(27-20(17)30)29-19(14-18(28-29)23(3,4)5)26-22(31)24-13-12-16-10-8-7-9-11-16/h7-11,14-15,17,21,25H,6,12-13H2,1-5H3,(H,27,30)(H2,24,26,31). The van der Waals surface area contributed by atoms with E-state index in [4.69, 9.17) is 5.10 Å². The molecule has 1 saturated heterocycles. The zero-order chi connectivity index (χ0) is 22.6. The third-order valence-electron chi connectivity index (χ3n) is 5.61. The molecule has 4 N–H and O–H groups in total. The van der Waals surface area contributed by atoms with Gasteiger partial charge in [-0.25, -0.2) is 9.48 Å². The van der Waals surface area contributed by atoms with E-state index in [0.29, 0.717) is 12.4 Å². The van der Waals surface area contributed by atoms with E-state index in [2.05, 4.69) is 42.0 Å². The molecule has 0 aliphatic carbocycles. The molecule has 3 atom stereocenters. The maximum absolute atomic E-state index is 12.6. The molecule has 0 saturated carbocycles. The Bertz CT molecular complexity index is 903. The molecular weight excluding hydrogens is 392 g/mol. The molecule has 1 aromatic heterocycles. The van der Waals surface area contributed by atoms with E-state index in [-0.39, 0.29) is 29.3 Å². The average molecular weight is 427 g/mol. The molecule has 0 radical (unpaired) electrons. The first-order valence-corrected chi connectivity index (χ1v) is 10.9. The number of aromatic nitrogens is 2. The molecule has 1 aromatic carbocycles. The summed E-state index contributed by atoms with van der Waals surface area (Å²) in [6.07, 6.45) is 0.978. The maximum atomic E-state index is 12.6. The lowest BCUT2D eigenvalue weighted by atomic mass is 9.92. The Balaban J connectivity index is 1.72. The van der Waals surface area contributed by atoms with E-state index in [1.807, 2.05) is 50.2 Å². The molecule has 31 heavy (non-hydrogen) atoms. The summed E-state index contributed by atoms with van der Waals surface area (Å²) in [5.74, 6) is 0.429. The number of benzene rings is 1. The third-order valence-corrected chi connectivity index (χ3v) is 5.61. The van der Waals surface area contributed by atoms with Crippen LogP contribution in [0.25, 0.3) is 0 Å². The van der Waals surface area contributed by atoms with Gasteiger partial charge in [-0.05, 0) is 25.3 Å². The van der Waals surface area contributed by atoms with Crippen LogP contribution in [0.4, 0.5) is 10.6 Å². The second kappa shape index (κ2) is 9.51. The minimum atomic E-state index is -0.527. The van der Waals surface area contributed by atoms with Gasteiger partial charge in [0, 0.05) is 24.1 Å². The number of urea groups is 1. The Morgan fingerprint density at radius 1 is 1.23 bits per heavy atom. The van der Waals surface area contributed by atoms with Crippen LogP contribution < -0.4 is 21.3 Å². The third kappa shape index (κ3) is 5.64. The number of nitrogens with zero attached hydrogens (tertiary/aromatic N) is 2. The molecule has 168 valence electrons. The number of hydrogen-bond acceptors (Lipinski definition) is 4. The van der Waals surface area contributed by atoms with Gasteiger partial charge in [-0.15, -0.1) is 0 Å². The number of hydrogen-bond donors (Lipinski definition) is 4. The van der Waals surface area contributed by atoms with Crippen LogP contribution in [0.3, 0.4) is 0 Å². The van der Waals surface area contributed by atoms with Crippen LogP contribution in [0, 0.1) is 5.92 Å². The van der Waals surface area contributed by atoms with Gasteiger partial charge in [0.05, 0.1) is 11.6 Å². The van der Waals surface area contributed by atoms with Crippen molar-refractivity contribution in [2.45, 2.75) is 65.2 Å². The number of amides is 3. The highest BCUT2D eigenvalue weighted by atomic mass is 16.2. The normalized spacial score (nSPS) is 21.5. The fraction of sp³-hybridized carbons (Fsp3) is 0.522. The Morgan fingerprint density at radius 2 is 1.94 bits per heavy atom. The lowest BCUT2D eigenvalue weighted by Crippen LogP contribution is -2.57. The van der Waals surface area contributed by atoms with Gasteiger partial charge in [-0.2, -0.15) is 5.10 Å². The van der Waals surface area contributed by atoms with Crippen LogP contribution in [0.2, 0.25) is 0 Å². The van der Waals surface area contributed by atoms with Gasteiger partial charge in [0.2, 0.25) is 5.91 Å². The first kappa shape index (κ1) is 22.8. The monoisotopic (exact) mass is 426 g/mol. The predicted molar refractivity (Wildman–Crippen MR) is 122 cm³/mol. The molecule has 2 aromatic rings. The molecule has 1 aliphatic heterocycles. The van der Waals surface area contributed by atoms with Gasteiger partial charge < -0.3 is 10.6 Å². The van der Waals surface area contributed by atoms with Gasteiger partial charge in [0.15, 0.2) is 6.29 Å². The lowest BCUT2D eigenvalue weighted by Gasteiger charge is -2.35. The van der Waals surface area contributed by atoms with E-state index in [1.165, 1.54) is 0 Å². The van der Waals surface area contributed by atoms with Crippen molar-refractivity contribution in [1.82, 2.24) is 25.7 Å². The van der Waals surface area contributed by atoms with Crippen LogP contribution in [0.15, 0.2) is 36.4 Å². The van der Waals surface area contributed by atoms with Gasteiger partial charge in [-0.1, -0.05) is 58.0 Å². The quantitative estimate of drug-likeness (QED) is 0.570. The smallest absolute Gasteiger partial charge is 0.320 e. The second-order valence-electron chi connectivity index (χ2n) is 9.11. The summed E-state index contributed by atoms with van der Waals surface area (Å²) >= 11 is 0. The zero-order valence-corrected chi connectivity index (χ0v) is 19.0. The van der Waals surface area contributed by atoms with Gasteiger partial charge in [-0.3, -0.25) is 15.4 Å². The van der Waals surface area contributed by atoms with Crippen molar-refractivity contribution in [3.8, 4) is 0 Å². The largest absolute Gasteiger partial charge is 0.337 e. The van der Waals surface area contributed by atoms with Gasteiger partial charge in [0.25, 0.3) is 0 Å². The van der Waals surface area contributed by atoms with E-state index >= 15 is 0 Å². The first-order chi connectivity index (χ1) is 14.7. The van der Waals surface area contributed by atoms with Crippen molar-refractivity contribution in [3.05, 3.63) is 47.7 Å². The zero-order valence-electron chi connectivity index (χ0n) is 19.0. The number of carbonyl (C=O) groups excluding carboxylic acids is 2. The van der Waals surface area contributed by atoms with Crippen LogP contribution in [0.1, 0.15) is 58.6 Å². The second-order valence-corrected chi connectivity index (χ2v) is 9.11. The number of carbonyl (C=O) groups is 2. The topological polar surface area (TPSA) is 100 Å². The Hall–Kier alpha value is -2.87. The van der Waals surface area contributed by atoms with Gasteiger partial charge >= 0.3 is 6.03 Å². The molecule has 1 aliphatic rings. The van der Waals surface area contributed by atoms with Gasteiger partial charge in [0.1, 0.15) is 5.82 Å². The SMILES string of the molecule is CCC1C(=O)NC(n2nc(C(C)(C)C)cc2NC(=O)NCCc2ccccc2)NC1C. The molecule has 3 amide bonds. The first-order valence-electron chi connectivity index (χ1n) is 10.9. The Kier molecular flexibility index (Phi) is 7.00. The maximum Gasteiger partial charge on any atom is 0.320 e. The van der Waals surface area contributed by atoms with E-state index in [0.717, 1.165) is 24.1 Å². The number of nitrogens with one attached hydrogen (secondary N) is 4. The van der Waals surface area contributed by atoms with Crippen molar-refractivity contribution in [1.29, 1.82) is 0 Å². The van der Waals surface area contributed by atoms with Crippen LogP contribution in [0.5, 0.6) is 0 Å². The average Bonchev–Trinajstić information content (AvgIpc) is 3.13. The summed E-state index contributed by atoms with van der Waals surface area (Å²) in [4.78, 5) is 25.1. The molecule has 3 rings (SSSR count).